The molecule has 19 heavy (non-hydrogen) atoms. The van der Waals surface area contributed by atoms with Gasteiger partial charge in [-0.25, -0.2) is 0 Å². The van der Waals surface area contributed by atoms with Gasteiger partial charge < -0.3 is 20.1 Å². The lowest BCUT2D eigenvalue weighted by Crippen LogP contribution is -2.56. The zero-order chi connectivity index (χ0) is 13.1. The molecule has 3 heterocycles. The van der Waals surface area contributed by atoms with Gasteiger partial charge in [0.05, 0.1) is 11.6 Å². The van der Waals surface area contributed by atoms with Crippen molar-refractivity contribution in [2.24, 2.45) is 0 Å². The summed E-state index contributed by atoms with van der Waals surface area (Å²) in [6.07, 6.45) is 6.03. The molecule has 2 N–H and O–H groups in total. The van der Waals surface area contributed by atoms with Crippen molar-refractivity contribution in [2.75, 3.05) is 26.4 Å². The monoisotopic (exact) mass is 268 g/mol. The molecule has 0 aromatic rings. The normalized spacial score (nSPS) is 35.1. The predicted octanol–water partition coefficient (Wildman–Crippen LogP) is 0.583. The summed E-state index contributed by atoms with van der Waals surface area (Å²) >= 11 is 0. The van der Waals surface area contributed by atoms with Gasteiger partial charge in [0.1, 0.15) is 0 Å². The van der Waals surface area contributed by atoms with Gasteiger partial charge in [-0.2, -0.15) is 0 Å². The third-order valence-corrected chi connectivity index (χ3v) is 4.62. The van der Waals surface area contributed by atoms with Crippen LogP contribution in [0.1, 0.15) is 38.5 Å². The smallest absolute Gasteiger partial charge is 0.237 e. The Labute approximate surface area is 114 Å². The SMILES string of the molecule is O=C1NCCCC1NC1CCOC2(CCOCC2)C1. The molecule has 0 aromatic heterocycles. The topological polar surface area (TPSA) is 59.6 Å². The Morgan fingerprint density at radius 2 is 2.05 bits per heavy atom. The van der Waals surface area contributed by atoms with E-state index in [9.17, 15) is 4.79 Å². The highest BCUT2D eigenvalue weighted by molar-refractivity contribution is 5.82. The Balaban J connectivity index is 1.57. The quantitative estimate of drug-likeness (QED) is 0.769. The number of nitrogens with one attached hydrogen (secondary N) is 2. The summed E-state index contributed by atoms with van der Waals surface area (Å²) in [4.78, 5) is 11.8. The molecule has 3 saturated heterocycles. The van der Waals surface area contributed by atoms with Gasteiger partial charge in [-0.3, -0.25) is 4.79 Å². The van der Waals surface area contributed by atoms with Crippen molar-refractivity contribution in [3.8, 4) is 0 Å². The molecule has 0 bridgehead atoms. The van der Waals surface area contributed by atoms with Crippen molar-refractivity contribution in [1.29, 1.82) is 0 Å². The fraction of sp³-hybridized carbons (Fsp3) is 0.929. The number of hydrogen-bond acceptors (Lipinski definition) is 4. The van der Waals surface area contributed by atoms with Crippen LogP contribution < -0.4 is 10.6 Å². The molecule has 5 heteroatoms. The number of carbonyl (C=O) groups excluding carboxylic acids is 1. The van der Waals surface area contributed by atoms with E-state index in [1.54, 1.807) is 0 Å². The van der Waals surface area contributed by atoms with Crippen molar-refractivity contribution < 1.29 is 14.3 Å². The molecule has 3 aliphatic rings. The van der Waals surface area contributed by atoms with Crippen molar-refractivity contribution in [3.05, 3.63) is 0 Å². The van der Waals surface area contributed by atoms with Gasteiger partial charge in [-0.15, -0.1) is 0 Å². The third kappa shape index (κ3) is 3.09. The van der Waals surface area contributed by atoms with Crippen LogP contribution in [0.15, 0.2) is 0 Å². The van der Waals surface area contributed by atoms with E-state index in [-0.39, 0.29) is 17.6 Å². The molecule has 0 aromatic carbocycles. The third-order valence-electron chi connectivity index (χ3n) is 4.62. The molecule has 5 nitrogen and oxygen atoms in total. The Morgan fingerprint density at radius 1 is 1.21 bits per heavy atom. The van der Waals surface area contributed by atoms with Crippen LogP contribution in [0.4, 0.5) is 0 Å². The fourth-order valence-electron chi connectivity index (χ4n) is 3.48. The molecule has 0 radical (unpaired) electrons. The summed E-state index contributed by atoms with van der Waals surface area (Å²) in [5.41, 5.74) is -0.000685. The lowest BCUT2D eigenvalue weighted by molar-refractivity contribution is -0.143. The predicted molar refractivity (Wildman–Crippen MR) is 70.9 cm³/mol. The molecule has 1 amide bonds. The van der Waals surface area contributed by atoms with E-state index in [4.69, 9.17) is 9.47 Å². The van der Waals surface area contributed by atoms with Crippen LogP contribution in [0.5, 0.6) is 0 Å². The summed E-state index contributed by atoms with van der Waals surface area (Å²) in [6.45, 7) is 3.23. The van der Waals surface area contributed by atoms with Crippen LogP contribution in [0.3, 0.4) is 0 Å². The molecule has 3 fully saturated rings. The molecule has 108 valence electrons. The van der Waals surface area contributed by atoms with E-state index in [0.29, 0.717) is 6.04 Å². The second-order valence-corrected chi connectivity index (χ2v) is 5.99. The first kappa shape index (κ1) is 13.3. The summed E-state index contributed by atoms with van der Waals surface area (Å²) in [7, 11) is 0. The summed E-state index contributed by atoms with van der Waals surface area (Å²) in [5.74, 6) is 0.166. The first-order chi connectivity index (χ1) is 9.27. The minimum atomic E-state index is -0.00580. The van der Waals surface area contributed by atoms with Crippen LogP contribution in [0, 0.1) is 0 Å². The van der Waals surface area contributed by atoms with Crippen molar-refractivity contribution in [3.63, 3.8) is 0 Å². The zero-order valence-corrected chi connectivity index (χ0v) is 11.5. The standard InChI is InChI=1S/C14H24N2O3/c17-13-12(2-1-6-15-13)16-11-3-7-19-14(10-11)4-8-18-9-5-14/h11-12,16H,1-10H2,(H,15,17). The Kier molecular flexibility index (Phi) is 4.05. The van der Waals surface area contributed by atoms with Crippen LogP contribution >= 0.6 is 0 Å². The highest BCUT2D eigenvalue weighted by Crippen LogP contribution is 2.34. The number of amides is 1. The lowest BCUT2D eigenvalue weighted by atomic mass is 9.83. The first-order valence-corrected chi connectivity index (χ1v) is 7.53. The average Bonchev–Trinajstić information content (AvgIpc) is 2.42. The van der Waals surface area contributed by atoms with Gasteiger partial charge in [0.2, 0.25) is 5.91 Å². The summed E-state index contributed by atoms with van der Waals surface area (Å²) < 4.78 is 11.5. The van der Waals surface area contributed by atoms with Crippen LogP contribution in [-0.4, -0.2) is 50.0 Å². The molecule has 2 unspecified atom stereocenters. The fourth-order valence-corrected chi connectivity index (χ4v) is 3.48. The molecular formula is C14H24N2O3. The number of ether oxygens (including phenoxy) is 2. The minimum absolute atomic E-state index is 0.000685. The van der Waals surface area contributed by atoms with Crippen molar-refractivity contribution in [2.45, 2.75) is 56.2 Å². The van der Waals surface area contributed by atoms with Gasteiger partial charge in [0, 0.05) is 32.4 Å². The largest absolute Gasteiger partial charge is 0.381 e. The van der Waals surface area contributed by atoms with E-state index >= 15 is 0 Å². The molecule has 1 spiro atoms. The second kappa shape index (κ2) is 5.77. The second-order valence-electron chi connectivity index (χ2n) is 5.99. The van der Waals surface area contributed by atoms with Crippen molar-refractivity contribution in [1.82, 2.24) is 10.6 Å². The van der Waals surface area contributed by atoms with Crippen LogP contribution in [0.25, 0.3) is 0 Å². The maximum atomic E-state index is 11.8. The number of rotatable bonds is 2. The van der Waals surface area contributed by atoms with Crippen molar-refractivity contribution >= 4 is 5.91 Å². The highest BCUT2D eigenvalue weighted by atomic mass is 16.5. The molecule has 3 aliphatic heterocycles. The van der Waals surface area contributed by atoms with Crippen LogP contribution in [0.2, 0.25) is 0 Å². The summed E-state index contributed by atoms with van der Waals surface area (Å²) in [5, 5.41) is 6.49. The van der Waals surface area contributed by atoms with E-state index in [1.807, 2.05) is 0 Å². The van der Waals surface area contributed by atoms with E-state index in [2.05, 4.69) is 10.6 Å². The minimum Gasteiger partial charge on any atom is -0.381 e. The van der Waals surface area contributed by atoms with Gasteiger partial charge >= 0.3 is 0 Å². The highest BCUT2D eigenvalue weighted by Gasteiger charge is 2.40. The average molecular weight is 268 g/mol. The number of piperidine rings is 1. The Hall–Kier alpha value is -0.650. The molecule has 2 atom stereocenters. The lowest BCUT2D eigenvalue weighted by Gasteiger charge is -2.44. The Morgan fingerprint density at radius 3 is 2.84 bits per heavy atom. The molecule has 0 aliphatic carbocycles. The number of carbonyl (C=O) groups is 1. The van der Waals surface area contributed by atoms with E-state index < -0.39 is 0 Å². The molecule has 3 rings (SSSR count). The molecule has 0 saturated carbocycles. The van der Waals surface area contributed by atoms with Crippen LogP contribution in [-0.2, 0) is 14.3 Å². The maximum Gasteiger partial charge on any atom is 0.237 e. The van der Waals surface area contributed by atoms with Gasteiger partial charge in [-0.1, -0.05) is 0 Å². The van der Waals surface area contributed by atoms with E-state index in [1.165, 1.54) is 0 Å². The van der Waals surface area contributed by atoms with Gasteiger partial charge in [-0.05, 0) is 38.5 Å². The number of hydrogen-bond donors (Lipinski definition) is 2. The molecular weight excluding hydrogens is 244 g/mol. The Bertz CT molecular complexity index is 323. The van der Waals surface area contributed by atoms with Gasteiger partial charge in [0.25, 0.3) is 0 Å². The maximum absolute atomic E-state index is 11.8. The first-order valence-electron chi connectivity index (χ1n) is 7.53. The van der Waals surface area contributed by atoms with E-state index in [0.717, 1.165) is 64.9 Å². The zero-order valence-electron chi connectivity index (χ0n) is 11.5. The van der Waals surface area contributed by atoms with Gasteiger partial charge in [0.15, 0.2) is 0 Å². The summed E-state index contributed by atoms with van der Waals surface area (Å²) in [6, 6.07) is 0.398.